The standard InChI is InChI=1S/C16H29N3S/c1-5-8-14-9-19(10-15-11-20-13(4)18-15)16(6-2,7-3)12-17-14/h11,14,17H,5-10,12H2,1-4H3. The molecule has 1 saturated heterocycles. The van der Waals surface area contributed by atoms with Crippen LogP contribution in [0.2, 0.25) is 0 Å². The summed E-state index contributed by atoms with van der Waals surface area (Å²) in [6.45, 7) is 12.3. The number of aromatic nitrogens is 1. The van der Waals surface area contributed by atoms with E-state index in [4.69, 9.17) is 0 Å². The molecule has 2 rings (SSSR count). The van der Waals surface area contributed by atoms with Crippen LogP contribution in [0.5, 0.6) is 0 Å². The molecule has 0 spiro atoms. The Kier molecular flexibility index (Phi) is 5.58. The third kappa shape index (κ3) is 3.41. The molecule has 0 aliphatic carbocycles. The first-order valence-corrected chi connectivity index (χ1v) is 8.91. The molecule has 1 N–H and O–H groups in total. The van der Waals surface area contributed by atoms with E-state index in [-0.39, 0.29) is 0 Å². The molecule has 3 nitrogen and oxygen atoms in total. The summed E-state index contributed by atoms with van der Waals surface area (Å²) >= 11 is 1.77. The molecule has 1 fully saturated rings. The molecule has 2 heterocycles. The predicted octanol–water partition coefficient (Wildman–Crippen LogP) is 3.58. The molecule has 1 atom stereocenters. The zero-order chi connectivity index (χ0) is 14.6. The number of aryl methyl sites for hydroxylation is 1. The van der Waals surface area contributed by atoms with Gasteiger partial charge in [0.15, 0.2) is 0 Å². The molecule has 0 aromatic carbocycles. The summed E-state index contributed by atoms with van der Waals surface area (Å²) in [5.41, 5.74) is 1.55. The molecule has 1 aromatic heterocycles. The first kappa shape index (κ1) is 15.9. The van der Waals surface area contributed by atoms with Crippen molar-refractivity contribution in [3.05, 3.63) is 16.1 Å². The topological polar surface area (TPSA) is 28.2 Å². The number of nitrogens with one attached hydrogen (secondary N) is 1. The Morgan fingerprint density at radius 3 is 2.70 bits per heavy atom. The van der Waals surface area contributed by atoms with Crippen molar-refractivity contribution in [2.75, 3.05) is 13.1 Å². The fourth-order valence-electron chi connectivity index (χ4n) is 3.37. The second-order valence-electron chi connectivity index (χ2n) is 6.04. The molecule has 0 amide bonds. The third-order valence-corrected chi connectivity index (χ3v) is 5.63. The minimum Gasteiger partial charge on any atom is -0.311 e. The zero-order valence-corrected chi connectivity index (χ0v) is 14.2. The Morgan fingerprint density at radius 1 is 1.40 bits per heavy atom. The summed E-state index contributed by atoms with van der Waals surface area (Å²) in [4.78, 5) is 7.36. The fourth-order valence-corrected chi connectivity index (χ4v) is 3.97. The maximum Gasteiger partial charge on any atom is 0.0897 e. The first-order chi connectivity index (χ1) is 9.63. The Bertz CT molecular complexity index is 412. The summed E-state index contributed by atoms with van der Waals surface area (Å²) in [6, 6.07) is 0.644. The summed E-state index contributed by atoms with van der Waals surface area (Å²) in [5.74, 6) is 0. The van der Waals surface area contributed by atoms with Crippen molar-refractivity contribution < 1.29 is 0 Å². The fraction of sp³-hybridized carbons (Fsp3) is 0.812. The van der Waals surface area contributed by atoms with Crippen LogP contribution in [0, 0.1) is 6.92 Å². The molecule has 1 aliphatic rings. The van der Waals surface area contributed by atoms with Gasteiger partial charge in [-0.15, -0.1) is 11.3 Å². The summed E-state index contributed by atoms with van der Waals surface area (Å²) < 4.78 is 0. The quantitative estimate of drug-likeness (QED) is 0.869. The maximum atomic E-state index is 4.67. The van der Waals surface area contributed by atoms with Gasteiger partial charge in [0.1, 0.15) is 0 Å². The lowest BCUT2D eigenvalue weighted by Gasteiger charge is -2.49. The van der Waals surface area contributed by atoms with Gasteiger partial charge in [0.05, 0.1) is 10.7 Å². The molecule has 4 heteroatoms. The van der Waals surface area contributed by atoms with E-state index < -0.39 is 0 Å². The second-order valence-corrected chi connectivity index (χ2v) is 7.10. The van der Waals surface area contributed by atoms with Crippen LogP contribution < -0.4 is 5.32 Å². The lowest BCUT2D eigenvalue weighted by molar-refractivity contribution is 0.0219. The minimum absolute atomic E-state index is 0.307. The van der Waals surface area contributed by atoms with E-state index in [2.05, 4.69) is 48.3 Å². The van der Waals surface area contributed by atoms with Gasteiger partial charge in [-0.2, -0.15) is 0 Å². The van der Waals surface area contributed by atoms with Crippen molar-refractivity contribution >= 4 is 11.3 Å². The van der Waals surface area contributed by atoms with Crippen molar-refractivity contribution in [3.8, 4) is 0 Å². The van der Waals surface area contributed by atoms with E-state index in [0.717, 1.165) is 19.6 Å². The number of thiazole rings is 1. The van der Waals surface area contributed by atoms with Crippen LogP contribution in [0.4, 0.5) is 0 Å². The van der Waals surface area contributed by atoms with E-state index in [1.807, 2.05) is 0 Å². The van der Waals surface area contributed by atoms with Gasteiger partial charge in [-0.25, -0.2) is 4.98 Å². The van der Waals surface area contributed by atoms with Crippen LogP contribution in [0.1, 0.15) is 57.2 Å². The SMILES string of the molecule is CCCC1CN(Cc2csc(C)n2)C(CC)(CC)CN1. The number of hydrogen-bond donors (Lipinski definition) is 1. The monoisotopic (exact) mass is 295 g/mol. The largest absolute Gasteiger partial charge is 0.311 e. The van der Waals surface area contributed by atoms with Crippen LogP contribution in [0.25, 0.3) is 0 Å². The highest BCUT2D eigenvalue weighted by atomic mass is 32.1. The lowest BCUT2D eigenvalue weighted by atomic mass is 9.86. The van der Waals surface area contributed by atoms with Gasteiger partial charge in [-0.05, 0) is 26.2 Å². The predicted molar refractivity (Wildman–Crippen MR) is 87.3 cm³/mol. The van der Waals surface area contributed by atoms with Crippen LogP contribution in [-0.4, -0.2) is 34.6 Å². The van der Waals surface area contributed by atoms with E-state index >= 15 is 0 Å². The van der Waals surface area contributed by atoms with E-state index in [0.29, 0.717) is 11.6 Å². The normalized spacial score (nSPS) is 23.1. The molecule has 1 aliphatic heterocycles. The smallest absolute Gasteiger partial charge is 0.0897 e. The van der Waals surface area contributed by atoms with E-state index in [9.17, 15) is 0 Å². The highest BCUT2D eigenvalue weighted by molar-refractivity contribution is 7.09. The number of piperazine rings is 1. The summed E-state index contributed by atoms with van der Waals surface area (Å²) in [6.07, 6.45) is 4.94. The van der Waals surface area contributed by atoms with Crippen LogP contribution in [-0.2, 0) is 6.54 Å². The van der Waals surface area contributed by atoms with Crippen molar-refractivity contribution in [3.63, 3.8) is 0 Å². The van der Waals surface area contributed by atoms with Gasteiger partial charge in [-0.1, -0.05) is 27.2 Å². The highest BCUT2D eigenvalue weighted by Gasteiger charge is 2.38. The Labute approximate surface area is 127 Å². The molecule has 0 bridgehead atoms. The first-order valence-electron chi connectivity index (χ1n) is 8.03. The molecule has 1 aromatic rings. The second kappa shape index (κ2) is 7.01. The van der Waals surface area contributed by atoms with E-state index in [1.54, 1.807) is 11.3 Å². The Hall–Kier alpha value is -0.450. The molecule has 0 radical (unpaired) electrons. The van der Waals surface area contributed by atoms with Crippen LogP contribution in [0.15, 0.2) is 5.38 Å². The molecule has 0 saturated carbocycles. The van der Waals surface area contributed by atoms with Gasteiger partial charge < -0.3 is 5.32 Å². The summed E-state index contributed by atoms with van der Waals surface area (Å²) in [7, 11) is 0. The van der Waals surface area contributed by atoms with Crippen molar-refractivity contribution in [1.82, 2.24) is 15.2 Å². The molecular formula is C16H29N3S. The van der Waals surface area contributed by atoms with Gasteiger partial charge in [-0.3, -0.25) is 4.90 Å². The number of rotatable bonds is 6. The Morgan fingerprint density at radius 2 is 2.15 bits per heavy atom. The van der Waals surface area contributed by atoms with Gasteiger partial charge in [0.25, 0.3) is 0 Å². The number of nitrogens with zero attached hydrogens (tertiary/aromatic N) is 2. The minimum atomic E-state index is 0.307. The van der Waals surface area contributed by atoms with Crippen molar-refractivity contribution in [1.29, 1.82) is 0 Å². The molecule has 114 valence electrons. The highest BCUT2D eigenvalue weighted by Crippen LogP contribution is 2.29. The molecule has 20 heavy (non-hydrogen) atoms. The maximum absolute atomic E-state index is 4.67. The molecular weight excluding hydrogens is 266 g/mol. The lowest BCUT2D eigenvalue weighted by Crippen LogP contribution is -2.63. The van der Waals surface area contributed by atoms with Crippen molar-refractivity contribution in [2.24, 2.45) is 0 Å². The average molecular weight is 295 g/mol. The van der Waals surface area contributed by atoms with Crippen molar-refractivity contribution in [2.45, 2.75) is 71.5 Å². The molecule has 1 unspecified atom stereocenters. The summed E-state index contributed by atoms with van der Waals surface area (Å²) in [5, 5.41) is 7.18. The zero-order valence-electron chi connectivity index (χ0n) is 13.4. The van der Waals surface area contributed by atoms with Crippen LogP contribution >= 0.6 is 11.3 Å². The average Bonchev–Trinajstić information content (AvgIpc) is 2.86. The Balaban J connectivity index is 2.12. The van der Waals surface area contributed by atoms with Gasteiger partial charge in [0.2, 0.25) is 0 Å². The van der Waals surface area contributed by atoms with Crippen LogP contribution in [0.3, 0.4) is 0 Å². The van der Waals surface area contributed by atoms with Gasteiger partial charge >= 0.3 is 0 Å². The van der Waals surface area contributed by atoms with Gasteiger partial charge in [0, 0.05) is 36.6 Å². The van der Waals surface area contributed by atoms with E-state index in [1.165, 1.54) is 36.4 Å². The number of hydrogen-bond acceptors (Lipinski definition) is 4. The third-order valence-electron chi connectivity index (χ3n) is 4.80.